The summed E-state index contributed by atoms with van der Waals surface area (Å²) < 4.78 is 26.7. The van der Waals surface area contributed by atoms with Gasteiger partial charge in [-0.25, -0.2) is 8.42 Å². The van der Waals surface area contributed by atoms with Gasteiger partial charge in [0.05, 0.1) is 11.4 Å². The number of benzene rings is 2. The van der Waals surface area contributed by atoms with Crippen LogP contribution in [0.3, 0.4) is 0 Å². The van der Waals surface area contributed by atoms with Gasteiger partial charge in [-0.15, -0.1) is 0 Å². The first-order chi connectivity index (χ1) is 15.7. The van der Waals surface area contributed by atoms with Gasteiger partial charge in [-0.1, -0.05) is 38.1 Å². The number of hydrogen-bond acceptors (Lipinski definition) is 5. The molecule has 0 saturated heterocycles. The van der Waals surface area contributed by atoms with E-state index in [1.165, 1.54) is 34.1 Å². The summed E-state index contributed by atoms with van der Waals surface area (Å²) in [6.07, 6.45) is 0. The van der Waals surface area contributed by atoms with E-state index in [9.17, 15) is 18.0 Å². The van der Waals surface area contributed by atoms with Crippen LogP contribution in [0.5, 0.6) is 0 Å². The van der Waals surface area contributed by atoms with Crippen molar-refractivity contribution in [2.45, 2.75) is 32.6 Å². The van der Waals surface area contributed by atoms with Gasteiger partial charge in [0.2, 0.25) is 15.9 Å². The van der Waals surface area contributed by atoms with E-state index in [2.05, 4.69) is 28.5 Å². The summed E-state index contributed by atoms with van der Waals surface area (Å²) in [6.45, 7) is 10.0. The number of carbonyl (C=O) groups excluding carboxylic acids is 2. The minimum absolute atomic E-state index is 0.0548. The maximum absolute atomic E-state index is 12.7. The Morgan fingerprint density at radius 1 is 0.909 bits per heavy atom. The number of likely N-dealkylation sites (N-methyl/N-ethyl adjacent to an activating group) is 1. The molecule has 0 spiro atoms. The Morgan fingerprint density at radius 3 is 2.24 bits per heavy atom. The second-order valence-corrected chi connectivity index (χ2v) is 9.45. The van der Waals surface area contributed by atoms with Gasteiger partial charge in [0, 0.05) is 44.0 Å². The lowest BCUT2D eigenvalue weighted by Crippen LogP contribution is -2.40. The zero-order valence-corrected chi connectivity index (χ0v) is 20.6. The summed E-state index contributed by atoms with van der Waals surface area (Å²) in [4.78, 5) is 26.9. The van der Waals surface area contributed by atoms with E-state index in [0.717, 1.165) is 12.2 Å². The van der Waals surface area contributed by atoms with Crippen molar-refractivity contribution >= 4 is 27.5 Å². The van der Waals surface area contributed by atoms with Gasteiger partial charge in [-0.3, -0.25) is 9.59 Å². The van der Waals surface area contributed by atoms with Crippen molar-refractivity contribution in [1.82, 2.24) is 14.9 Å². The van der Waals surface area contributed by atoms with Crippen molar-refractivity contribution in [3.05, 3.63) is 59.7 Å². The van der Waals surface area contributed by atoms with E-state index in [4.69, 9.17) is 0 Å². The molecule has 9 heteroatoms. The fourth-order valence-corrected chi connectivity index (χ4v) is 5.04. The average molecular weight is 475 g/mol. The molecule has 33 heavy (non-hydrogen) atoms. The Kier molecular flexibility index (Phi) is 9.87. The Labute approximate surface area is 197 Å². The normalized spacial score (nSPS) is 11.3. The predicted octanol–water partition coefficient (Wildman–Crippen LogP) is 2.40. The lowest BCUT2D eigenvalue weighted by Gasteiger charge is -2.25. The molecule has 2 aromatic rings. The maximum Gasteiger partial charge on any atom is 0.251 e. The number of rotatable bonds is 12. The van der Waals surface area contributed by atoms with Crippen LogP contribution in [0.25, 0.3) is 0 Å². The van der Waals surface area contributed by atoms with Gasteiger partial charge in [0.25, 0.3) is 5.91 Å². The second kappa shape index (κ2) is 12.4. The first kappa shape index (κ1) is 26.3. The summed E-state index contributed by atoms with van der Waals surface area (Å²) in [5, 5.41) is 5.37. The Hall–Kier alpha value is -2.91. The number of nitrogens with one attached hydrogen (secondary N) is 2. The molecule has 0 heterocycles. The largest absolute Gasteiger partial charge is 0.370 e. The highest BCUT2D eigenvalue weighted by molar-refractivity contribution is 7.89. The monoisotopic (exact) mass is 474 g/mol. The lowest BCUT2D eigenvalue weighted by atomic mass is 10.2. The molecule has 0 aliphatic rings. The van der Waals surface area contributed by atoms with Crippen LogP contribution < -0.4 is 15.5 Å². The van der Waals surface area contributed by atoms with Crippen LogP contribution in [0.15, 0.2) is 53.4 Å². The van der Waals surface area contributed by atoms with Crippen molar-refractivity contribution in [1.29, 1.82) is 0 Å². The second-order valence-electron chi connectivity index (χ2n) is 7.52. The molecule has 0 saturated carbocycles. The zero-order valence-electron chi connectivity index (χ0n) is 19.8. The van der Waals surface area contributed by atoms with Crippen LogP contribution in [0.1, 0.15) is 36.7 Å². The maximum atomic E-state index is 12.7. The molecular weight excluding hydrogens is 440 g/mol. The molecule has 0 radical (unpaired) electrons. The number of hydrogen-bond donors (Lipinski definition) is 2. The SMILES string of the molecule is CCN(CCNC(=O)CNC(=O)c1cccc(S(=O)(=O)N(CC)CC)c1)c1ccccc1C. The van der Waals surface area contributed by atoms with Crippen molar-refractivity contribution in [3.63, 3.8) is 0 Å². The lowest BCUT2D eigenvalue weighted by molar-refractivity contribution is -0.120. The van der Waals surface area contributed by atoms with Crippen molar-refractivity contribution < 1.29 is 18.0 Å². The summed E-state index contributed by atoms with van der Waals surface area (Å²) in [5.41, 5.74) is 2.48. The van der Waals surface area contributed by atoms with Gasteiger partial charge in [0.15, 0.2) is 0 Å². The molecule has 2 amide bonds. The molecule has 0 bridgehead atoms. The number of aryl methyl sites for hydroxylation is 1. The van der Waals surface area contributed by atoms with Gasteiger partial charge in [-0.2, -0.15) is 4.31 Å². The summed E-state index contributed by atoms with van der Waals surface area (Å²) in [7, 11) is -3.67. The van der Waals surface area contributed by atoms with E-state index in [0.29, 0.717) is 26.2 Å². The number of para-hydroxylation sites is 1. The number of sulfonamides is 1. The van der Waals surface area contributed by atoms with Crippen molar-refractivity contribution in [2.24, 2.45) is 0 Å². The van der Waals surface area contributed by atoms with Gasteiger partial charge in [-0.05, 0) is 43.7 Å². The Bertz CT molecular complexity index is 1050. The van der Waals surface area contributed by atoms with Crippen molar-refractivity contribution in [2.75, 3.05) is 44.2 Å². The van der Waals surface area contributed by atoms with Gasteiger partial charge >= 0.3 is 0 Å². The van der Waals surface area contributed by atoms with Crippen LogP contribution >= 0.6 is 0 Å². The highest BCUT2D eigenvalue weighted by Crippen LogP contribution is 2.19. The smallest absolute Gasteiger partial charge is 0.251 e. The van der Waals surface area contributed by atoms with E-state index in [1.54, 1.807) is 13.8 Å². The van der Waals surface area contributed by atoms with Crippen LogP contribution in [0.4, 0.5) is 5.69 Å². The van der Waals surface area contributed by atoms with Crippen LogP contribution in [-0.2, 0) is 14.8 Å². The minimum atomic E-state index is -3.67. The third-order valence-electron chi connectivity index (χ3n) is 5.39. The molecule has 0 aromatic heterocycles. The predicted molar refractivity (Wildman–Crippen MR) is 131 cm³/mol. The molecule has 180 valence electrons. The molecule has 2 rings (SSSR count). The topological polar surface area (TPSA) is 98.8 Å². The summed E-state index contributed by atoms with van der Waals surface area (Å²) >= 11 is 0. The molecule has 0 fully saturated rings. The van der Waals surface area contributed by atoms with Crippen LogP contribution in [0, 0.1) is 6.92 Å². The quantitative estimate of drug-likeness (QED) is 0.492. The average Bonchev–Trinajstić information content (AvgIpc) is 2.81. The van der Waals surface area contributed by atoms with Gasteiger partial charge < -0.3 is 15.5 Å². The first-order valence-corrected chi connectivity index (χ1v) is 12.6. The number of carbonyl (C=O) groups is 2. The third-order valence-corrected chi connectivity index (χ3v) is 7.44. The summed E-state index contributed by atoms with van der Waals surface area (Å²) in [5.74, 6) is -0.812. The van der Waals surface area contributed by atoms with E-state index >= 15 is 0 Å². The highest BCUT2D eigenvalue weighted by atomic mass is 32.2. The van der Waals surface area contributed by atoms with Crippen molar-refractivity contribution in [3.8, 4) is 0 Å². The van der Waals surface area contributed by atoms with Crippen LogP contribution in [0.2, 0.25) is 0 Å². The summed E-state index contributed by atoms with van der Waals surface area (Å²) in [6, 6.07) is 13.9. The molecule has 0 aliphatic carbocycles. The van der Waals surface area contributed by atoms with E-state index in [-0.39, 0.29) is 22.9 Å². The third kappa shape index (κ3) is 7.03. The Morgan fingerprint density at radius 2 is 1.61 bits per heavy atom. The van der Waals surface area contributed by atoms with Crippen LogP contribution in [-0.4, -0.2) is 63.8 Å². The Balaban J connectivity index is 1.89. The molecular formula is C24H34N4O4S. The molecule has 2 aromatic carbocycles. The van der Waals surface area contributed by atoms with Gasteiger partial charge in [0.1, 0.15) is 0 Å². The molecule has 8 nitrogen and oxygen atoms in total. The van der Waals surface area contributed by atoms with E-state index < -0.39 is 15.9 Å². The zero-order chi connectivity index (χ0) is 24.4. The fraction of sp³-hybridized carbons (Fsp3) is 0.417. The molecule has 2 N–H and O–H groups in total. The molecule has 0 aliphatic heterocycles. The first-order valence-electron chi connectivity index (χ1n) is 11.2. The highest BCUT2D eigenvalue weighted by Gasteiger charge is 2.22. The fourth-order valence-electron chi connectivity index (χ4n) is 3.53. The molecule has 0 unspecified atom stereocenters. The number of anilines is 1. The van der Waals surface area contributed by atoms with E-state index in [1.807, 2.05) is 25.1 Å². The molecule has 0 atom stereocenters. The standard InChI is InChI=1S/C24H34N4O4S/c1-5-27(22-14-9-8-11-19(22)4)16-15-25-23(29)18-26-24(30)20-12-10-13-21(17-20)33(31,32)28(6-2)7-3/h8-14,17H,5-7,15-16,18H2,1-4H3,(H,25,29)(H,26,30). The number of amides is 2. The number of nitrogens with zero attached hydrogens (tertiary/aromatic N) is 2. The minimum Gasteiger partial charge on any atom is -0.370 e.